The zero-order chi connectivity index (χ0) is 17.9. The van der Waals surface area contributed by atoms with Gasteiger partial charge in [-0.15, -0.1) is 11.8 Å². The normalized spacial score (nSPS) is 28.3. The Labute approximate surface area is 157 Å². The lowest BCUT2D eigenvalue weighted by Gasteiger charge is -2.33. The molecule has 5 nitrogen and oxygen atoms in total. The van der Waals surface area contributed by atoms with E-state index < -0.39 is 5.69 Å². The highest BCUT2D eigenvalue weighted by atomic mass is 32.2. The third kappa shape index (κ3) is 3.80. The number of hydrogen-bond acceptors (Lipinski definition) is 4. The van der Waals surface area contributed by atoms with Gasteiger partial charge in [0.05, 0.1) is 5.04 Å². The highest BCUT2D eigenvalue weighted by Gasteiger charge is 2.29. The summed E-state index contributed by atoms with van der Waals surface area (Å²) < 4.78 is 0. The van der Waals surface area contributed by atoms with Crippen LogP contribution in [0.3, 0.4) is 0 Å². The van der Waals surface area contributed by atoms with Crippen molar-refractivity contribution in [3.63, 3.8) is 0 Å². The SMILES string of the molecule is O=c1[nH]c(C2CCC(C3C=CC=CC3)CC2)c(CC2=NCCS2)c(=O)[nH]1. The van der Waals surface area contributed by atoms with Crippen molar-refractivity contribution in [2.75, 3.05) is 12.3 Å². The van der Waals surface area contributed by atoms with Crippen LogP contribution in [0.1, 0.15) is 49.3 Å². The number of rotatable bonds is 4. The fourth-order valence-electron chi connectivity index (χ4n) is 4.48. The average molecular weight is 372 g/mol. The third-order valence-corrected chi connectivity index (χ3v) is 6.84. The minimum Gasteiger partial charge on any atom is -0.311 e. The van der Waals surface area contributed by atoms with Gasteiger partial charge in [0.25, 0.3) is 5.56 Å². The largest absolute Gasteiger partial charge is 0.325 e. The molecule has 2 heterocycles. The molecule has 138 valence electrons. The van der Waals surface area contributed by atoms with Crippen molar-refractivity contribution in [2.24, 2.45) is 16.8 Å². The van der Waals surface area contributed by atoms with Crippen molar-refractivity contribution in [3.05, 3.63) is 56.4 Å². The molecule has 2 aliphatic carbocycles. The molecule has 26 heavy (non-hydrogen) atoms. The van der Waals surface area contributed by atoms with E-state index in [2.05, 4.69) is 39.3 Å². The van der Waals surface area contributed by atoms with Gasteiger partial charge in [-0.05, 0) is 49.9 Å². The van der Waals surface area contributed by atoms with E-state index in [1.54, 1.807) is 11.8 Å². The second-order valence-electron chi connectivity index (χ2n) is 7.43. The standard InChI is InChI=1S/C20H25N3O2S/c24-19-16(12-17-21-10-11-26-17)18(22-20(25)23-19)15-8-6-14(7-9-15)13-4-2-1-3-5-13/h1-4,13-15H,5-12H2,(H2,22,23,24,25). The molecule has 1 saturated carbocycles. The topological polar surface area (TPSA) is 78.1 Å². The van der Waals surface area contributed by atoms with Crippen LogP contribution in [0.15, 0.2) is 38.9 Å². The molecule has 1 unspecified atom stereocenters. The molecule has 4 rings (SSSR count). The van der Waals surface area contributed by atoms with Crippen molar-refractivity contribution in [1.29, 1.82) is 0 Å². The summed E-state index contributed by atoms with van der Waals surface area (Å²) in [6.07, 6.45) is 14.9. The van der Waals surface area contributed by atoms with Gasteiger partial charge < -0.3 is 4.98 Å². The summed E-state index contributed by atoms with van der Waals surface area (Å²) in [5.41, 5.74) is 0.923. The Hall–Kier alpha value is -1.82. The Bertz CT molecular complexity index is 857. The average Bonchev–Trinajstić information content (AvgIpc) is 3.18. The number of H-pyrrole nitrogens is 2. The van der Waals surface area contributed by atoms with Crippen molar-refractivity contribution >= 4 is 16.8 Å². The summed E-state index contributed by atoms with van der Waals surface area (Å²) >= 11 is 1.72. The van der Waals surface area contributed by atoms with Gasteiger partial charge in [-0.3, -0.25) is 14.8 Å². The molecule has 1 fully saturated rings. The predicted molar refractivity (Wildman–Crippen MR) is 107 cm³/mol. The number of nitrogens with zero attached hydrogens (tertiary/aromatic N) is 1. The molecule has 1 aliphatic heterocycles. The molecule has 1 aromatic heterocycles. The summed E-state index contributed by atoms with van der Waals surface area (Å²) in [7, 11) is 0. The summed E-state index contributed by atoms with van der Waals surface area (Å²) in [6.45, 7) is 0.824. The van der Waals surface area contributed by atoms with Gasteiger partial charge >= 0.3 is 5.69 Å². The summed E-state index contributed by atoms with van der Waals surface area (Å²) in [4.78, 5) is 34.2. The molecule has 2 N–H and O–H groups in total. The van der Waals surface area contributed by atoms with Crippen LogP contribution < -0.4 is 11.2 Å². The van der Waals surface area contributed by atoms with Gasteiger partial charge in [-0.1, -0.05) is 24.3 Å². The highest BCUT2D eigenvalue weighted by Crippen LogP contribution is 2.40. The Kier molecular flexibility index (Phi) is 5.29. The van der Waals surface area contributed by atoms with E-state index in [-0.39, 0.29) is 11.5 Å². The monoisotopic (exact) mass is 371 g/mol. The molecule has 0 bridgehead atoms. The zero-order valence-electron chi connectivity index (χ0n) is 14.9. The van der Waals surface area contributed by atoms with E-state index in [1.807, 2.05) is 0 Å². The quantitative estimate of drug-likeness (QED) is 0.853. The Balaban J connectivity index is 1.52. The van der Waals surface area contributed by atoms with Crippen LogP contribution in [0, 0.1) is 11.8 Å². The Morgan fingerprint density at radius 2 is 1.96 bits per heavy atom. The van der Waals surface area contributed by atoms with E-state index in [0.717, 1.165) is 55.1 Å². The second-order valence-corrected chi connectivity index (χ2v) is 8.59. The number of aliphatic imine (C=N–C) groups is 1. The molecule has 0 spiro atoms. The maximum atomic E-state index is 12.4. The van der Waals surface area contributed by atoms with Crippen LogP contribution in [0.4, 0.5) is 0 Å². The maximum absolute atomic E-state index is 12.4. The summed E-state index contributed by atoms with van der Waals surface area (Å²) in [5, 5.41) is 1.01. The van der Waals surface area contributed by atoms with Crippen LogP contribution >= 0.6 is 11.8 Å². The molecule has 1 atom stereocenters. The molecule has 1 aromatic rings. The van der Waals surface area contributed by atoms with Gasteiger partial charge in [0.1, 0.15) is 0 Å². The highest BCUT2D eigenvalue weighted by molar-refractivity contribution is 8.14. The molecule has 0 amide bonds. The third-order valence-electron chi connectivity index (χ3n) is 5.85. The Morgan fingerprint density at radius 3 is 2.65 bits per heavy atom. The number of hydrogen-bond donors (Lipinski definition) is 2. The zero-order valence-corrected chi connectivity index (χ0v) is 15.7. The number of thioether (sulfide) groups is 1. The van der Waals surface area contributed by atoms with E-state index in [4.69, 9.17) is 0 Å². The fourth-order valence-corrected chi connectivity index (χ4v) is 5.32. The maximum Gasteiger partial charge on any atom is 0.325 e. The Morgan fingerprint density at radius 1 is 1.12 bits per heavy atom. The summed E-state index contributed by atoms with van der Waals surface area (Å²) in [6, 6.07) is 0. The van der Waals surface area contributed by atoms with Gasteiger partial charge in [-0.25, -0.2) is 4.79 Å². The van der Waals surface area contributed by atoms with Crippen LogP contribution in [-0.2, 0) is 6.42 Å². The van der Waals surface area contributed by atoms with Crippen molar-refractivity contribution in [3.8, 4) is 0 Å². The lowest BCUT2D eigenvalue weighted by atomic mass is 9.72. The molecular weight excluding hydrogens is 346 g/mol. The first-order valence-electron chi connectivity index (χ1n) is 9.55. The molecule has 0 saturated heterocycles. The molecule has 6 heteroatoms. The summed E-state index contributed by atoms with van der Waals surface area (Å²) in [5.74, 6) is 2.61. The van der Waals surface area contributed by atoms with Crippen molar-refractivity contribution in [2.45, 2.75) is 44.4 Å². The van der Waals surface area contributed by atoms with Gasteiger partial charge in [-0.2, -0.15) is 0 Å². The number of nitrogens with one attached hydrogen (secondary N) is 2. The van der Waals surface area contributed by atoms with E-state index in [1.165, 1.54) is 0 Å². The van der Waals surface area contributed by atoms with E-state index >= 15 is 0 Å². The molecule has 0 aromatic carbocycles. The number of aromatic nitrogens is 2. The first-order chi connectivity index (χ1) is 12.7. The first-order valence-corrected chi connectivity index (χ1v) is 10.5. The van der Waals surface area contributed by atoms with E-state index in [9.17, 15) is 9.59 Å². The van der Waals surface area contributed by atoms with Crippen molar-refractivity contribution in [1.82, 2.24) is 9.97 Å². The van der Waals surface area contributed by atoms with Crippen LogP contribution in [0.25, 0.3) is 0 Å². The second kappa shape index (κ2) is 7.82. The molecule has 3 aliphatic rings. The first kappa shape index (κ1) is 17.6. The van der Waals surface area contributed by atoms with Crippen LogP contribution in [-0.4, -0.2) is 27.3 Å². The van der Waals surface area contributed by atoms with Gasteiger partial charge in [0.15, 0.2) is 0 Å². The van der Waals surface area contributed by atoms with Crippen molar-refractivity contribution < 1.29 is 0 Å². The minimum absolute atomic E-state index is 0.249. The minimum atomic E-state index is -0.391. The number of allylic oxidation sites excluding steroid dienone is 4. The van der Waals surface area contributed by atoms with E-state index in [0.29, 0.717) is 23.8 Å². The lowest BCUT2D eigenvalue weighted by molar-refractivity contribution is 0.262. The fraction of sp³-hybridized carbons (Fsp3) is 0.550. The lowest BCUT2D eigenvalue weighted by Crippen LogP contribution is -2.31. The molecular formula is C20H25N3O2S. The molecule has 0 radical (unpaired) electrons. The van der Waals surface area contributed by atoms with Crippen LogP contribution in [0.5, 0.6) is 0 Å². The van der Waals surface area contributed by atoms with Crippen LogP contribution in [0.2, 0.25) is 0 Å². The predicted octanol–water partition coefficient (Wildman–Crippen LogP) is 3.16. The van der Waals surface area contributed by atoms with Gasteiger partial charge in [0.2, 0.25) is 0 Å². The van der Waals surface area contributed by atoms with Gasteiger partial charge in [0, 0.05) is 30.0 Å². The number of aromatic amines is 2. The smallest absolute Gasteiger partial charge is 0.311 e.